The van der Waals surface area contributed by atoms with E-state index in [1.807, 2.05) is 12.1 Å². The van der Waals surface area contributed by atoms with Crippen LogP contribution in [-0.2, 0) is 24.3 Å². The van der Waals surface area contributed by atoms with E-state index in [1.165, 1.54) is 33.4 Å². The topological polar surface area (TPSA) is 20.3 Å². The summed E-state index contributed by atoms with van der Waals surface area (Å²) in [7, 11) is 4.63. The van der Waals surface area contributed by atoms with Crippen LogP contribution in [0, 0.1) is 27.7 Å². The zero-order valence-corrected chi connectivity index (χ0v) is 26.1. The fourth-order valence-electron chi connectivity index (χ4n) is 5.55. The molecular weight excluding hydrogens is 523 g/mol. The summed E-state index contributed by atoms with van der Waals surface area (Å²) in [6.07, 6.45) is 3.37. The Bertz CT molecular complexity index is 1230. The van der Waals surface area contributed by atoms with Gasteiger partial charge in [0, 0.05) is 18.5 Å². The highest BCUT2D eigenvalue weighted by molar-refractivity contribution is 6.42. The fourth-order valence-corrected chi connectivity index (χ4v) is 5.87. The zero-order chi connectivity index (χ0) is 28.6. The highest BCUT2D eigenvalue weighted by Gasteiger charge is 2.18. The molecule has 0 amide bonds. The summed E-state index contributed by atoms with van der Waals surface area (Å²) in [6.45, 7) is 12.9. The Morgan fingerprint density at radius 3 is 1.92 bits per heavy atom. The van der Waals surface area contributed by atoms with Crippen LogP contribution in [0.4, 0.5) is 0 Å². The van der Waals surface area contributed by atoms with Crippen molar-refractivity contribution < 1.29 is 9.28 Å². The van der Waals surface area contributed by atoms with Gasteiger partial charge in [0.25, 0.3) is 0 Å². The lowest BCUT2D eigenvalue weighted by Crippen LogP contribution is -2.40. The molecule has 3 aromatic carbocycles. The molecule has 210 valence electrons. The van der Waals surface area contributed by atoms with Gasteiger partial charge in [-0.3, -0.25) is 9.69 Å². The van der Waals surface area contributed by atoms with Crippen LogP contribution in [0.15, 0.2) is 54.6 Å². The second-order valence-corrected chi connectivity index (χ2v) is 12.8. The Balaban J connectivity index is 1.57. The van der Waals surface area contributed by atoms with Crippen molar-refractivity contribution in [3.63, 3.8) is 0 Å². The third-order valence-corrected chi connectivity index (χ3v) is 7.88. The van der Waals surface area contributed by atoms with E-state index in [0.29, 0.717) is 29.4 Å². The molecule has 3 aromatic rings. The highest BCUT2D eigenvalue weighted by atomic mass is 35.5. The zero-order valence-electron chi connectivity index (χ0n) is 24.6. The van der Waals surface area contributed by atoms with Crippen molar-refractivity contribution in [2.24, 2.45) is 0 Å². The molecule has 0 aromatic heterocycles. The van der Waals surface area contributed by atoms with Crippen LogP contribution in [0.3, 0.4) is 0 Å². The number of aryl methyl sites for hydroxylation is 5. The van der Waals surface area contributed by atoms with Crippen LogP contribution in [0.5, 0.6) is 0 Å². The number of carbonyl (C=O) groups is 1. The van der Waals surface area contributed by atoms with Gasteiger partial charge in [0.1, 0.15) is 12.3 Å². The van der Waals surface area contributed by atoms with Gasteiger partial charge in [-0.2, -0.15) is 0 Å². The Morgan fingerprint density at radius 1 is 0.744 bits per heavy atom. The summed E-state index contributed by atoms with van der Waals surface area (Å²) in [5.41, 5.74) is 8.91. The molecular formula is C34H45Cl2N2O+. The third-order valence-electron chi connectivity index (χ3n) is 7.14. The summed E-state index contributed by atoms with van der Waals surface area (Å²) in [5, 5.41) is 1.08. The van der Waals surface area contributed by atoms with Crippen LogP contribution < -0.4 is 0 Å². The number of hydrogen-bond acceptors (Lipinski definition) is 2. The van der Waals surface area contributed by atoms with Crippen LogP contribution in [0.1, 0.15) is 58.2 Å². The quantitative estimate of drug-likeness (QED) is 0.144. The first-order valence-corrected chi connectivity index (χ1v) is 14.8. The van der Waals surface area contributed by atoms with Crippen LogP contribution in [0.25, 0.3) is 0 Å². The highest BCUT2D eigenvalue weighted by Crippen LogP contribution is 2.23. The van der Waals surface area contributed by atoms with Crippen molar-refractivity contribution in [3.05, 3.63) is 104 Å². The Hall–Kier alpha value is -2.17. The Labute approximate surface area is 246 Å². The largest absolute Gasteiger partial charge is 0.325 e. The van der Waals surface area contributed by atoms with Gasteiger partial charge in [-0.25, -0.2) is 0 Å². The van der Waals surface area contributed by atoms with E-state index in [1.54, 1.807) is 6.07 Å². The molecule has 0 spiro atoms. The SMILES string of the molecule is Cc1cc(C)cc(CN(CCCC[N+](C)(C)Cc2cc(C)cc(C)c2)CC(=O)CCc2ccc(Cl)c(Cl)c2)c1. The lowest BCUT2D eigenvalue weighted by atomic mass is 10.1. The monoisotopic (exact) mass is 567 g/mol. The van der Waals surface area contributed by atoms with Gasteiger partial charge in [0.05, 0.1) is 37.2 Å². The minimum absolute atomic E-state index is 0.261. The maximum Gasteiger partial charge on any atom is 0.147 e. The number of carbonyl (C=O) groups excluding carboxylic acids is 1. The van der Waals surface area contributed by atoms with Crippen LogP contribution in [-0.4, -0.2) is 48.9 Å². The molecule has 0 saturated heterocycles. The number of rotatable bonds is 14. The van der Waals surface area contributed by atoms with Crippen LogP contribution in [0.2, 0.25) is 10.0 Å². The number of hydrogen-bond donors (Lipinski definition) is 0. The molecule has 0 radical (unpaired) electrons. The van der Waals surface area contributed by atoms with Crippen molar-refractivity contribution in [2.75, 3.05) is 33.7 Å². The average molecular weight is 569 g/mol. The van der Waals surface area contributed by atoms with E-state index >= 15 is 0 Å². The normalized spacial score (nSPS) is 11.8. The third kappa shape index (κ3) is 11.1. The number of unbranched alkanes of at least 4 members (excludes halogenated alkanes) is 1. The molecule has 0 heterocycles. The smallest absolute Gasteiger partial charge is 0.147 e. The summed E-state index contributed by atoms with van der Waals surface area (Å²) in [6, 6.07) is 19.1. The lowest BCUT2D eigenvalue weighted by Gasteiger charge is -2.31. The molecule has 0 aliphatic carbocycles. The number of Topliss-reactive ketones (excluding diaryl/α,β-unsaturated/α-hetero) is 1. The van der Waals surface area contributed by atoms with E-state index < -0.39 is 0 Å². The summed E-state index contributed by atoms with van der Waals surface area (Å²) >= 11 is 12.2. The fraction of sp³-hybridized carbons (Fsp3) is 0.441. The van der Waals surface area contributed by atoms with Crippen LogP contribution >= 0.6 is 23.2 Å². The first kappa shape index (κ1) is 31.4. The van der Waals surface area contributed by atoms with Gasteiger partial charge in [-0.1, -0.05) is 87.9 Å². The second-order valence-electron chi connectivity index (χ2n) is 12.0. The Morgan fingerprint density at radius 2 is 1.33 bits per heavy atom. The standard InChI is InChI=1S/C34H45Cl2N2O/c1-25-15-26(2)18-30(17-25)22-37(23-32(39)11-9-29-10-12-33(35)34(36)21-29)13-7-8-14-38(5,6)24-31-19-27(3)16-28(4)20-31/h10,12,15-21H,7-9,11,13-14,22-24H2,1-6H3/q+1. The predicted molar refractivity (Wildman–Crippen MR) is 167 cm³/mol. The Kier molecular flexibility index (Phi) is 11.6. The summed E-state index contributed by atoms with van der Waals surface area (Å²) in [4.78, 5) is 15.4. The molecule has 0 unspecified atom stereocenters. The summed E-state index contributed by atoms with van der Waals surface area (Å²) < 4.78 is 0.961. The average Bonchev–Trinajstić information content (AvgIpc) is 2.81. The van der Waals surface area contributed by atoms with Crippen molar-refractivity contribution in [2.45, 2.75) is 66.5 Å². The number of halogens is 2. The second kappa shape index (κ2) is 14.5. The molecule has 0 bridgehead atoms. The number of ketones is 1. The molecule has 0 atom stereocenters. The summed E-state index contributed by atoms with van der Waals surface area (Å²) in [5.74, 6) is 0.261. The van der Waals surface area contributed by atoms with Gasteiger partial charge in [-0.15, -0.1) is 0 Å². The first-order chi connectivity index (χ1) is 18.4. The molecule has 0 fully saturated rings. The van der Waals surface area contributed by atoms with Crippen molar-refractivity contribution in [1.82, 2.24) is 4.90 Å². The van der Waals surface area contributed by atoms with Crippen molar-refractivity contribution >= 4 is 29.0 Å². The molecule has 3 nitrogen and oxygen atoms in total. The maximum absolute atomic E-state index is 13.0. The van der Waals surface area contributed by atoms with E-state index in [4.69, 9.17) is 23.2 Å². The molecule has 0 aliphatic heterocycles. The van der Waals surface area contributed by atoms with Crippen molar-refractivity contribution in [1.29, 1.82) is 0 Å². The number of benzene rings is 3. The van der Waals surface area contributed by atoms with E-state index in [-0.39, 0.29) is 5.78 Å². The van der Waals surface area contributed by atoms with Gasteiger partial charge in [0.2, 0.25) is 0 Å². The number of quaternary nitrogens is 1. The van der Waals surface area contributed by atoms with Gasteiger partial charge in [-0.05, 0) is 76.8 Å². The first-order valence-electron chi connectivity index (χ1n) is 14.0. The molecule has 0 N–H and O–H groups in total. The van der Waals surface area contributed by atoms with E-state index in [9.17, 15) is 4.79 Å². The van der Waals surface area contributed by atoms with E-state index in [2.05, 4.69) is 83.1 Å². The minimum atomic E-state index is 0.261. The molecule has 0 aliphatic rings. The lowest BCUT2D eigenvalue weighted by molar-refractivity contribution is -0.903. The van der Waals surface area contributed by atoms with Gasteiger partial charge in [0.15, 0.2) is 0 Å². The maximum atomic E-state index is 13.0. The predicted octanol–water partition coefficient (Wildman–Crippen LogP) is 8.29. The minimum Gasteiger partial charge on any atom is -0.325 e. The molecule has 0 saturated carbocycles. The molecule has 3 rings (SSSR count). The van der Waals surface area contributed by atoms with Crippen molar-refractivity contribution in [3.8, 4) is 0 Å². The number of nitrogens with zero attached hydrogens (tertiary/aromatic N) is 2. The molecule has 39 heavy (non-hydrogen) atoms. The van der Waals surface area contributed by atoms with Gasteiger partial charge >= 0.3 is 0 Å². The van der Waals surface area contributed by atoms with Gasteiger partial charge < -0.3 is 4.48 Å². The van der Waals surface area contributed by atoms with E-state index in [0.717, 1.165) is 49.1 Å². The molecule has 5 heteroatoms.